The van der Waals surface area contributed by atoms with Gasteiger partial charge in [0.1, 0.15) is 17.3 Å². The number of nitrogens with one attached hydrogen (secondary N) is 1. The average molecular weight is 436 g/mol. The molecule has 6 heteroatoms. The van der Waals surface area contributed by atoms with E-state index in [2.05, 4.69) is 34.6 Å². The van der Waals surface area contributed by atoms with E-state index in [1.807, 2.05) is 35.2 Å². The van der Waals surface area contributed by atoms with Crippen molar-refractivity contribution >= 4 is 28.6 Å². The third-order valence-corrected chi connectivity index (χ3v) is 6.74. The largest absolute Gasteiger partial charge is 0.497 e. The summed E-state index contributed by atoms with van der Waals surface area (Å²) in [4.78, 5) is 17.0. The van der Waals surface area contributed by atoms with E-state index in [9.17, 15) is 4.79 Å². The summed E-state index contributed by atoms with van der Waals surface area (Å²) in [5.41, 5.74) is 3.75. The highest BCUT2D eigenvalue weighted by Crippen LogP contribution is 2.29. The SMILES string of the molecule is COc1ccc(CSc2nccc3c2ccn3CC(=O)NCCC2=CCCCC2)cc1. The number of fused-ring (bicyclic) bond motifs is 1. The van der Waals surface area contributed by atoms with E-state index in [0.717, 1.165) is 33.9 Å². The Morgan fingerprint density at radius 3 is 2.84 bits per heavy atom. The van der Waals surface area contributed by atoms with Gasteiger partial charge in [-0.25, -0.2) is 4.98 Å². The molecule has 0 saturated heterocycles. The van der Waals surface area contributed by atoms with Gasteiger partial charge in [-0.1, -0.05) is 23.8 Å². The number of amides is 1. The van der Waals surface area contributed by atoms with Gasteiger partial charge in [-0.05, 0) is 61.9 Å². The van der Waals surface area contributed by atoms with Gasteiger partial charge in [0.25, 0.3) is 0 Å². The minimum absolute atomic E-state index is 0.0538. The van der Waals surface area contributed by atoms with Crippen molar-refractivity contribution in [2.75, 3.05) is 13.7 Å². The topological polar surface area (TPSA) is 56.2 Å². The molecule has 2 aromatic heterocycles. The van der Waals surface area contributed by atoms with Crippen molar-refractivity contribution in [1.82, 2.24) is 14.9 Å². The molecule has 3 aromatic rings. The van der Waals surface area contributed by atoms with Crippen LogP contribution in [0.5, 0.6) is 5.75 Å². The molecule has 31 heavy (non-hydrogen) atoms. The molecule has 1 N–H and O–H groups in total. The first kappa shape index (κ1) is 21.5. The van der Waals surface area contributed by atoms with Crippen molar-refractivity contribution < 1.29 is 9.53 Å². The highest BCUT2D eigenvalue weighted by Gasteiger charge is 2.11. The molecule has 5 nitrogen and oxygen atoms in total. The minimum atomic E-state index is 0.0538. The minimum Gasteiger partial charge on any atom is -0.497 e. The van der Waals surface area contributed by atoms with E-state index in [1.54, 1.807) is 18.9 Å². The van der Waals surface area contributed by atoms with Crippen LogP contribution in [-0.4, -0.2) is 29.1 Å². The second kappa shape index (κ2) is 10.5. The Hall–Kier alpha value is -2.73. The number of ether oxygens (including phenoxy) is 1. The predicted molar refractivity (Wildman–Crippen MR) is 126 cm³/mol. The van der Waals surface area contributed by atoms with Crippen LogP contribution in [0.1, 0.15) is 37.7 Å². The number of carbonyl (C=O) groups excluding carboxylic acids is 1. The number of hydrogen-bond donors (Lipinski definition) is 1. The zero-order valence-corrected chi connectivity index (χ0v) is 18.8. The molecule has 1 aliphatic carbocycles. The molecule has 1 aromatic carbocycles. The summed E-state index contributed by atoms with van der Waals surface area (Å²) in [6, 6.07) is 12.1. The summed E-state index contributed by atoms with van der Waals surface area (Å²) in [6.07, 6.45) is 12.1. The molecule has 1 amide bonds. The highest BCUT2D eigenvalue weighted by molar-refractivity contribution is 7.98. The van der Waals surface area contributed by atoms with Crippen LogP contribution in [0.3, 0.4) is 0 Å². The van der Waals surface area contributed by atoms with Crippen LogP contribution in [0.15, 0.2) is 65.5 Å². The zero-order chi connectivity index (χ0) is 21.5. The molecule has 2 heterocycles. The number of allylic oxidation sites excluding steroid dienone is 1. The molecule has 1 aliphatic rings. The molecule has 0 spiro atoms. The van der Waals surface area contributed by atoms with Crippen molar-refractivity contribution in [2.45, 2.75) is 49.4 Å². The second-order valence-electron chi connectivity index (χ2n) is 7.84. The van der Waals surface area contributed by atoms with Gasteiger partial charge >= 0.3 is 0 Å². The average Bonchev–Trinajstić information content (AvgIpc) is 3.22. The Kier molecular flexibility index (Phi) is 7.30. The Morgan fingerprint density at radius 1 is 1.19 bits per heavy atom. The smallest absolute Gasteiger partial charge is 0.239 e. The number of rotatable bonds is 9. The summed E-state index contributed by atoms with van der Waals surface area (Å²) < 4.78 is 7.23. The fourth-order valence-corrected chi connectivity index (χ4v) is 4.89. The van der Waals surface area contributed by atoms with Crippen molar-refractivity contribution in [2.24, 2.45) is 0 Å². The summed E-state index contributed by atoms with van der Waals surface area (Å²) in [6.45, 7) is 1.05. The fraction of sp³-hybridized carbons (Fsp3) is 0.360. The van der Waals surface area contributed by atoms with Crippen molar-refractivity contribution in [3.63, 3.8) is 0 Å². The van der Waals surface area contributed by atoms with E-state index in [-0.39, 0.29) is 5.91 Å². The van der Waals surface area contributed by atoms with Crippen LogP contribution in [0.4, 0.5) is 0 Å². The monoisotopic (exact) mass is 435 g/mol. The summed E-state index contributed by atoms with van der Waals surface area (Å²) >= 11 is 1.71. The fourth-order valence-electron chi connectivity index (χ4n) is 3.93. The molecule has 0 atom stereocenters. The normalized spacial score (nSPS) is 13.8. The maximum absolute atomic E-state index is 12.5. The van der Waals surface area contributed by atoms with Gasteiger partial charge < -0.3 is 14.6 Å². The number of nitrogens with zero attached hydrogens (tertiary/aromatic N) is 2. The maximum atomic E-state index is 12.5. The molecule has 162 valence electrons. The Labute approximate surface area is 187 Å². The molecular formula is C25H29N3O2S. The third kappa shape index (κ3) is 5.70. The van der Waals surface area contributed by atoms with Gasteiger partial charge in [-0.3, -0.25) is 4.79 Å². The molecule has 0 radical (unpaired) electrons. The van der Waals surface area contributed by atoms with Crippen LogP contribution in [-0.2, 0) is 17.1 Å². The van der Waals surface area contributed by atoms with Crippen molar-refractivity contribution in [3.8, 4) is 5.75 Å². The first-order valence-electron chi connectivity index (χ1n) is 10.9. The molecular weight excluding hydrogens is 406 g/mol. The third-order valence-electron chi connectivity index (χ3n) is 5.66. The van der Waals surface area contributed by atoms with E-state index in [1.165, 1.54) is 36.8 Å². The van der Waals surface area contributed by atoms with Gasteiger partial charge in [0.05, 0.1) is 12.6 Å². The Bertz CT molecular complexity index is 1060. The lowest BCUT2D eigenvalue weighted by atomic mass is 9.97. The number of aromatic nitrogens is 2. The van der Waals surface area contributed by atoms with Gasteiger partial charge in [0, 0.05) is 30.1 Å². The second-order valence-corrected chi connectivity index (χ2v) is 8.80. The van der Waals surface area contributed by atoms with Crippen molar-refractivity contribution in [3.05, 3.63) is 66.0 Å². The molecule has 0 saturated carbocycles. The van der Waals surface area contributed by atoms with Gasteiger partial charge in [-0.2, -0.15) is 0 Å². The first-order chi connectivity index (χ1) is 15.2. The first-order valence-corrected chi connectivity index (χ1v) is 11.9. The van der Waals surface area contributed by atoms with Crippen LogP contribution in [0.2, 0.25) is 0 Å². The van der Waals surface area contributed by atoms with Gasteiger partial charge in [0.15, 0.2) is 0 Å². The maximum Gasteiger partial charge on any atom is 0.239 e. The summed E-state index contributed by atoms with van der Waals surface area (Å²) in [7, 11) is 1.67. The van der Waals surface area contributed by atoms with Crippen molar-refractivity contribution in [1.29, 1.82) is 0 Å². The van der Waals surface area contributed by atoms with Crippen LogP contribution in [0, 0.1) is 0 Å². The summed E-state index contributed by atoms with van der Waals surface area (Å²) in [5, 5.41) is 5.14. The molecule has 0 bridgehead atoms. The van der Waals surface area contributed by atoms with Gasteiger partial charge in [0.2, 0.25) is 5.91 Å². The quantitative estimate of drug-likeness (QED) is 0.364. The number of thioether (sulfide) groups is 1. The van der Waals surface area contributed by atoms with Crippen LogP contribution >= 0.6 is 11.8 Å². The zero-order valence-electron chi connectivity index (χ0n) is 18.0. The lowest BCUT2D eigenvalue weighted by Gasteiger charge is -2.13. The van der Waals surface area contributed by atoms with E-state index in [4.69, 9.17) is 4.74 Å². The number of benzene rings is 1. The predicted octanol–water partition coefficient (Wildman–Crippen LogP) is 5.34. The van der Waals surface area contributed by atoms with Gasteiger partial charge in [-0.15, -0.1) is 11.8 Å². The molecule has 0 unspecified atom stereocenters. The van der Waals surface area contributed by atoms with E-state index >= 15 is 0 Å². The van der Waals surface area contributed by atoms with E-state index < -0.39 is 0 Å². The van der Waals surface area contributed by atoms with Crippen LogP contribution < -0.4 is 10.1 Å². The van der Waals surface area contributed by atoms with E-state index in [0.29, 0.717) is 13.1 Å². The molecule has 0 fully saturated rings. The molecule has 4 rings (SSSR count). The lowest BCUT2D eigenvalue weighted by Crippen LogP contribution is -2.28. The Morgan fingerprint density at radius 2 is 2.06 bits per heavy atom. The summed E-state index contributed by atoms with van der Waals surface area (Å²) in [5.74, 6) is 1.75. The number of carbonyl (C=O) groups is 1. The highest BCUT2D eigenvalue weighted by atomic mass is 32.2. The number of pyridine rings is 1. The number of hydrogen-bond acceptors (Lipinski definition) is 4. The lowest BCUT2D eigenvalue weighted by molar-refractivity contribution is -0.121. The Balaban J connectivity index is 1.35. The standard InChI is InChI=1S/C25H29N3O2S/c1-30-21-9-7-20(8-10-21)18-31-25-22-13-16-28(23(22)12-15-27-25)17-24(29)26-14-11-19-5-3-2-4-6-19/h5,7-10,12-13,15-16H,2-4,6,11,14,17-18H2,1H3,(H,26,29). The molecule has 0 aliphatic heterocycles. The number of methoxy groups -OCH3 is 1. The van der Waals surface area contributed by atoms with Crippen LogP contribution in [0.25, 0.3) is 10.9 Å².